The van der Waals surface area contributed by atoms with E-state index < -0.39 is 12.0 Å². The van der Waals surface area contributed by atoms with Crippen LogP contribution in [0, 0.1) is 6.92 Å². The topological polar surface area (TPSA) is 53.4 Å². The molecule has 0 aliphatic rings. The maximum atomic E-state index is 11.3. The minimum atomic E-state index is -0.802. The van der Waals surface area contributed by atoms with Crippen molar-refractivity contribution in [3.8, 4) is 0 Å². The number of nitrogens with zero attached hydrogens (tertiary/aromatic N) is 2. The first-order chi connectivity index (χ1) is 9.04. The van der Waals surface area contributed by atoms with Gasteiger partial charge in [0.1, 0.15) is 6.04 Å². The molecule has 0 aliphatic heterocycles. The van der Waals surface area contributed by atoms with Gasteiger partial charge in [0.05, 0.1) is 5.52 Å². The summed E-state index contributed by atoms with van der Waals surface area (Å²) in [5.41, 5.74) is 2.70. The third-order valence-electron chi connectivity index (χ3n) is 3.34. The number of fused-ring (bicyclic) bond motifs is 1. The van der Waals surface area contributed by atoms with Gasteiger partial charge in [-0.15, -0.1) is 0 Å². The molecular formula is C15H18N2O2. The maximum absolute atomic E-state index is 11.3. The van der Waals surface area contributed by atoms with E-state index in [9.17, 15) is 9.90 Å². The molecule has 100 valence electrons. The highest BCUT2D eigenvalue weighted by molar-refractivity contribution is 5.93. The van der Waals surface area contributed by atoms with Crippen molar-refractivity contribution in [2.45, 2.75) is 26.3 Å². The van der Waals surface area contributed by atoms with E-state index in [1.165, 1.54) is 0 Å². The van der Waals surface area contributed by atoms with E-state index in [0.29, 0.717) is 6.42 Å². The van der Waals surface area contributed by atoms with Crippen LogP contribution in [0.4, 0.5) is 5.69 Å². The summed E-state index contributed by atoms with van der Waals surface area (Å²) in [7, 11) is 1.82. The fourth-order valence-electron chi connectivity index (χ4n) is 2.36. The summed E-state index contributed by atoms with van der Waals surface area (Å²) in [5, 5.41) is 10.3. The highest BCUT2D eigenvalue weighted by atomic mass is 16.4. The molecule has 1 aromatic heterocycles. The Balaban J connectivity index is 2.58. The van der Waals surface area contributed by atoms with Crippen LogP contribution in [0.5, 0.6) is 0 Å². The van der Waals surface area contributed by atoms with Crippen LogP contribution in [0.15, 0.2) is 30.3 Å². The Kier molecular flexibility index (Phi) is 3.69. The Hall–Kier alpha value is -2.10. The van der Waals surface area contributed by atoms with Crippen molar-refractivity contribution in [3.63, 3.8) is 0 Å². The molecule has 0 radical (unpaired) electrons. The molecule has 2 rings (SSSR count). The second-order valence-corrected chi connectivity index (χ2v) is 4.67. The number of aromatic nitrogens is 1. The summed E-state index contributed by atoms with van der Waals surface area (Å²) in [4.78, 5) is 17.6. The lowest BCUT2D eigenvalue weighted by molar-refractivity contribution is -0.138. The van der Waals surface area contributed by atoms with Crippen LogP contribution in [0.2, 0.25) is 0 Å². The number of carbonyl (C=O) groups is 1. The normalized spacial score (nSPS) is 12.4. The zero-order chi connectivity index (χ0) is 14.0. The Labute approximate surface area is 112 Å². The van der Waals surface area contributed by atoms with Gasteiger partial charge in [0.2, 0.25) is 0 Å². The molecule has 0 fully saturated rings. The monoisotopic (exact) mass is 258 g/mol. The Morgan fingerprint density at radius 3 is 2.74 bits per heavy atom. The largest absolute Gasteiger partial charge is 0.480 e. The second kappa shape index (κ2) is 5.26. The van der Waals surface area contributed by atoms with E-state index >= 15 is 0 Å². The van der Waals surface area contributed by atoms with Crippen LogP contribution in [0.3, 0.4) is 0 Å². The summed E-state index contributed by atoms with van der Waals surface area (Å²) in [5.74, 6) is -0.802. The van der Waals surface area contributed by atoms with Crippen molar-refractivity contribution in [2.75, 3.05) is 11.9 Å². The molecule has 1 atom stereocenters. The van der Waals surface area contributed by atoms with Gasteiger partial charge in [-0.2, -0.15) is 0 Å². The van der Waals surface area contributed by atoms with Crippen molar-refractivity contribution < 1.29 is 9.90 Å². The first-order valence-electron chi connectivity index (χ1n) is 6.36. The zero-order valence-electron chi connectivity index (χ0n) is 11.4. The van der Waals surface area contributed by atoms with E-state index in [4.69, 9.17) is 0 Å². The molecule has 0 saturated carbocycles. The summed E-state index contributed by atoms with van der Waals surface area (Å²) >= 11 is 0. The lowest BCUT2D eigenvalue weighted by Gasteiger charge is -2.27. The number of aryl methyl sites for hydroxylation is 1. The van der Waals surface area contributed by atoms with Gasteiger partial charge < -0.3 is 10.0 Å². The van der Waals surface area contributed by atoms with Gasteiger partial charge in [0.25, 0.3) is 0 Å². The van der Waals surface area contributed by atoms with Crippen molar-refractivity contribution in [1.29, 1.82) is 0 Å². The molecule has 4 nitrogen and oxygen atoms in total. The number of benzene rings is 1. The van der Waals surface area contributed by atoms with Gasteiger partial charge in [-0.05, 0) is 25.5 Å². The number of carboxylic acids is 1. The summed E-state index contributed by atoms with van der Waals surface area (Å²) in [6.45, 7) is 3.80. The van der Waals surface area contributed by atoms with Crippen LogP contribution in [0.1, 0.15) is 19.0 Å². The minimum Gasteiger partial charge on any atom is -0.480 e. The first-order valence-corrected chi connectivity index (χ1v) is 6.36. The molecule has 1 N–H and O–H groups in total. The van der Waals surface area contributed by atoms with Crippen LogP contribution in [-0.4, -0.2) is 29.1 Å². The lowest BCUT2D eigenvalue weighted by Crippen LogP contribution is -2.38. The SMILES string of the molecule is CCC(C(=O)O)N(C)c1cc(C)nc2ccccc12. The molecule has 1 unspecified atom stereocenters. The lowest BCUT2D eigenvalue weighted by atomic mass is 10.1. The zero-order valence-corrected chi connectivity index (χ0v) is 11.4. The van der Waals surface area contributed by atoms with Gasteiger partial charge in [-0.1, -0.05) is 25.1 Å². The molecule has 1 aromatic carbocycles. The van der Waals surface area contributed by atoms with Crippen molar-refractivity contribution >= 4 is 22.6 Å². The number of carboxylic acid groups (broad SMARTS) is 1. The van der Waals surface area contributed by atoms with E-state index in [0.717, 1.165) is 22.3 Å². The molecule has 19 heavy (non-hydrogen) atoms. The van der Waals surface area contributed by atoms with Crippen molar-refractivity contribution in [2.24, 2.45) is 0 Å². The number of hydrogen-bond acceptors (Lipinski definition) is 3. The number of anilines is 1. The first kappa shape index (κ1) is 13.3. The highest BCUT2D eigenvalue weighted by Crippen LogP contribution is 2.27. The molecule has 4 heteroatoms. The van der Waals surface area contributed by atoms with Crippen LogP contribution < -0.4 is 4.90 Å². The number of pyridine rings is 1. The Bertz CT molecular complexity index is 610. The molecular weight excluding hydrogens is 240 g/mol. The average Bonchev–Trinajstić information content (AvgIpc) is 2.37. The molecule has 0 aliphatic carbocycles. The van der Waals surface area contributed by atoms with E-state index in [1.54, 1.807) is 0 Å². The van der Waals surface area contributed by atoms with Gasteiger partial charge >= 0.3 is 5.97 Å². The molecule has 2 aromatic rings. The van der Waals surface area contributed by atoms with E-state index in [1.807, 2.05) is 56.1 Å². The van der Waals surface area contributed by atoms with Gasteiger partial charge in [-0.3, -0.25) is 4.98 Å². The van der Waals surface area contributed by atoms with Gasteiger partial charge in [-0.25, -0.2) is 4.79 Å². The Morgan fingerprint density at radius 1 is 1.42 bits per heavy atom. The smallest absolute Gasteiger partial charge is 0.326 e. The molecule has 0 bridgehead atoms. The van der Waals surface area contributed by atoms with Gasteiger partial charge in [0, 0.05) is 23.8 Å². The predicted molar refractivity (Wildman–Crippen MR) is 76.6 cm³/mol. The third kappa shape index (κ3) is 2.52. The summed E-state index contributed by atoms with van der Waals surface area (Å²) in [6.07, 6.45) is 0.557. The number of likely N-dealkylation sites (N-methyl/N-ethyl adjacent to an activating group) is 1. The van der Waals surface area contributed by atoms with E-state index in [-0.39, 0.29) is 0 Å². The standard InChI is InChI=1S/C15H18N2O2/c1-4-13(15(18)19)17(3)14-9-10(2)16-12-8-6-5-7-11(12)14/h5-9,13H,4H2,1-3H3,(H,18,19). The number of aliphatic carboxylic acids is 1. The molecule has 0 amide bonds. The Morgan fingerprint density at radius 2 is 2.11 bits per heavy atom. The van der Waals surface area contributed by atoms with Crippen LogP contribution in [-0.2, 0) is 4.79 Å². The van der Waals surface area contributed by atoms with Crippen LogP contribution in [0.25, 0.3) is 10.9 Å². The predicted octanol–water partition coefficient (Wildman–Crippen LogP) is 2.84. The number of hydrogen-bond donors (Lipinski definition) is 1. The minimum absolute atomic E-state index is 0.523. The second-order valence-electron chi connectivity index (χ2n) is 4.67. The highest BCUT2D eigenvalue weighted by Gasteiger charge is 2.22. The fourth-order valence-corrected chi connectivity index (χ4v) is 2.36. The number of para-hydroxylation sites is 1. The number of rotatable bonds is 4. The fraction of sp³-hybridized carbons (Fsp3) is 0.333. The van der Waals surface area contributed by atoms with E-state index in [2.05, 4.69) is 4.98 Å². The molecule has 0 spiro atoms. The van der Waals surface area contributed by atoms with Gasteiger partial charge in [0.15, 0.2) is 0 Å². The maximum Gasteiger partial charge on any atom is 0.326 e. The summed E-state index contributed by atoms with van der Waals surface area (Å²) < 4.78 is 0. The van der Waals surface area contributed by atoms with Crippen molar-refractivity contribution in [3.05, 3.63) is 36.0 Å². The van der Waals surface area contributed by atoms with Crippen molar-refractivity contribution in [1.82, 2.24) is 4.98 Å². The summed E-state index contributed by atoms with van der Waals surface area (Å²) in [6, 6.07) is 9.22. The quantitative estimate of drug-likeness (QED) is 0.916. The third-order valence-corrected chi connectivity index (χ3v) is 3.34. The molecule has 1 heterocycles. The average molecular weight is 258 g/mol. The van der Waals surface area contributed by atoms with Crippen LogP contribution >= 0.6 is 0 Å². The molecule has 0 saturated heterocycles.